The largest absolute Gasteiger partial charge is 0.394 e. The Kier molecular flexibility index (Phi) is 7.50. The summed E-state index contributed by atoms with van der Waals surface area (Å²) in [4.78, 5) is 0. The van der Waals surface area contributed by atoms with Gasteiger partial charge in [0.15, 0.2) is 0 Å². The molecule has 98 valence electrons. The summed E-state index contributed by atoms with van der Waals surface area (Å²) < 4.78 is 25.6. The molecule has 0 saturated heterocycles. The number of alkyl halides is 1. The number of rotatable bonds is 9. The molecule has 0 radical (unpaired) electrons. The van der Waals surface area contributed by atoms with E-state index in [4.69, 9.17) is 21.8 Å². The van der Waals surface area contributed by atoms with Crippen LogP contribution in [0.15, 0.2) is 0 Å². The van der Waals surface area contributed by atoms with E-state index < -0.39 is 28.8 Å². The van der Waals surface area contributed by atoms with Crippen molar-refractivity contribution in [2.75, 3.05) is 24.8 Å². The van der Waals surface area contributed by atoms with Gasteiger partial charge < -0.3 is 10.2 Å². The lowest BCUT2D eigenvalue weighted by Crippen LogP contribution is -2.54. The van der Waals surface area contributed by atoms with Gasteiger partial charge in [-0.2, -0.15) is 0 Å². The minimum Gasteiger partial charge on any atom is -0.394 e. The summed E-state index contributed by atoms with van der Waals surface area (Å²) in [6, 6.07) is 0. The second-order valence-electron chi connectivity index (χ2n) is 3.77. The Bertz CT molecular complexity index is 269. The zero-order valence-electron chi connectivity index (χ0n) is 9.45. The van der Waals surface area contributed by atoms with Crippen molar-refractivity contribution in [3.8, 4) is 0 Å². The second kappa shape index (κ2) is 7.45. The molecule has 0 aromatic rings. The van der Waals surface area contributed by atoms with Crippen LogP contribution >= 0.6 is 11.6 Å². The third-order valence-corrected chi connectivity index (χ3v) is 4.29. The molecule has 0 spiro atoms. The first-order valence-electron chi connectivity index (χ1n) is 5.24. The topological polar surface area (TPSA) is 86.6 Å². The van der Waals surface area contributed by atoms with Gasteiger partial charge in [-0.05, 0) is 19.3 Å². The first-order chi connectivity index (χ1) is 7.45. The summed E-state index contributed by atoms with van der Waals surface area (Å²) in [5.41, 5.74) is -1.15. The van der Waals surface area contributed by atoms with Crippen LogP contribution in [0.1, 0.15) is 26.2 Å². The molecular formula is C9H20ClNO4S. The fourth-order valence-corrected chi connectivity index (χ4v) is 2.99. The van der Waals surface area contributed by atoms with Crippen molar-refractivity contribution < 1.29 is 18.6 Å². The molecule has 0 aromatic heterocycles. The van der Waals surface area contributed by atoms with Gasteiger partial charge in [0.1, 0.15) is 0 Å². The molecule has 0 aliphatic heterocycles. The predicted molar refractivity (Wildman–Crippen MR) is 64.1 cm³/mol. The number of aliphatic hydroxyl groups is 2. The lowest BCUT2D eigenvalue weighted by molar-refractivity contribution is 0.105. The van der Waals surface area contributed by atoms with Crippen LogP contribution in [0.2, 0.25) is 0 Å². The van der Waals surface area contributed by atoms with Crippen LogP contribution in [0, 0.1) is 0 Å². The van der Waals surface area contributed by atoms with E-state index in [1.165, 1.54) is 0 Å². The van der Waals surface area contributed by atoms with E-state index in [0.29, 0.717) is 25.1 Å². The van der Waals surface area contributed by atoms with Crippen LogP contribution in [0.5, 0.6) is 0 Å². The molecule has 16 heavy (non-hydrogen) atoms. The van der Waals surface area contributed by atoms with Gasteiger partial charge in [0, 0.05) is 5.88 Å². The Labute approximate surface area is 102 Å². The van der Waals surface area contributed by atoms with Gasteiger partial charge in [-0.15, -0.1) is 11.6 Å². The quantitative estimate of drug-likeness (QED) is 0.410. The van der Waals surface area contributed by atoms with Gasteiger partial charge in [-0.3, -0.25) is 0 Å². The highest BCUT2D eigenvalue weighted by molar-refractivity contribution is 7.89. The van der Waals surface area contributed by atoms with Gasteiger partial charge >= 0.3 is 0 Å². The van der Waals surface area contributed by atoms with E-state index in [1.54, 1.807) is 6.92 Å². The van der Waals surface area contributed by atoms with E-state index in [0.717, 1.165) is 0 Å². The molecule has 0 heterocycles. The summed E-state index contributed by atoms with van der Waals surface area (Å²) in [5, 5.41) is 18.2. The minimum absolute atomic E-state index is 0.0402. The monoisotopic (exact) mass is 273 g/mol. The fourth-order valence-electron chi connectivity index (χ4n) is 1.18. The molecule has 0 fully saturated rings. The summed E-state index contributed by atoms with van der Waals surface area (Å²) >= 11 is 5.45. The Balaban J connectivity index is 4.42. The lowest BCUT2D eigenvalue weighted by Gasteiger charge is -2.29. The molecule has 0 bridgehead atoms. The number of aliphatic hydroxyl groups excluding tert-OH is 2. The Hall–Kier alpha value is 0.120. The van der Waals surface area contributed by atoms with Crippen molar-refractivity contribution in [3.05, 3.63) is 0 Å². The Morgan fingerprint density at radius 1 is 1.25 bits per heavy atom. The van der Waals surface area contributed by atoms with Crippen molar-refractivity contribution >= 4 is 21.6 Å². The number of hydrogen-bond acceptors (Lipinski definition) is 4. The van der Waals surface area contributed by atoms with Crippen LogP contribution in [-0.4, -0.2) is 49.0 Å². The summed E-state index contributed by atoms with van der Waals surface area (Å²) in [5.74, 6) is 0.385. The molecule has 0 unspecified atom stereocenters. The van der Waals surface area contributed by atoms with Crippen LogP contribution in [0.25, 0.3) is 0 Å². The first kappa shape index (κ1) is 16.1. The molecule has 0 atom stereocenters. The molecule has 0 saturated carbocycles. The molecular weight excluding hydrogens is 254 g/mol. The molecule has 5 nitrogen and oxygen atoms in total. The number of hydrogen-bond donors (Lipinski definition) is 3. The summed E-state index contributed by atoms with van der Waals surface area (Å²) in [6.07, 6.45) is 1.42. The molecule has 0 aromatic carbocycles. The van der Waals surface area contributed by atoms with Crippen molar-refractivity contribution in [1.82, 2.24) is 4.72 Å². The van der Waals surface area contributed by atoms with E-state index in [1.807, 2.05) is 0 Å². The zero-order chi connectivity index (χ0) is 12.7. The third-order valence-electron chi connectivity index (χ3n) is 2.45. The van der Waals surface area contributed by atoms with Crippen LogP contribution in [0.4, 0.5) is 0 Å². The zero-order valence-corrected chi connectivity index (χ0v) is 11.0. The van der Waals surface area contributed by atoms with Crippen molar-refractivity contribution in [1.29, 1.82) is 0 Å². The summed E-state index contributed by atoms with van der Waals surface area (Å²) in [7, 11) is -3.48. The van der Waals surface area contributed by atoms with E-state index in [9.17, 15) is 8.42 Å². The maximum absolute atomic E-state index is 11.6. The predicted octanol–water partition coefficient (Wildman–Crippen LogP) is 0.0582. The van der Waals surface area contributed by atoms with Crippen LogP contribution in [0.3, 0.4) is 0 Å². The Morgan fingerprint density at radius 3 is 2.19 bits per heavy atom. The minimum atomic E-state index is -3.48. The normalized spacial score (nSPS) is 13.0. The van der Waals surface area contributed by atoms with Gasteiger partial charge in [-0.1, -0.05) is 6.92 Å². The van der Waals surface area contributed by atoms with Crippen molar-refractivity contribution in [2.24, 2.45) is 0 Å². The third kappa shape index (κ3) is 5.45. The molecule has 3 N–H and O–H groups in total. The summed E-state index contributed by atoms with van der Waals surface area (Å²) in [6.45, 7) is 0.858. The van der Waals surface area contributed by atoms with Gasteiger partial charge in [-0.25, -0.2) is 13.1 Å². The van der Waals surface area contributed by atoms with E-state index in [2.05, 4.69) is 4.72 Å². The standard InChI is InChI=1S/C9H20ClNO4S/c1-2-9(7-12,8-13)11-16(14,15)6-4-3-5-10/h11-13H,2-8H2,1H3. The average molecular weight is 274 g/mol. The van der Waals surface area contributed by atoms with Gasteiger partial charge in [0.25, 0.3) is 0 Å². The number of sulfonamides is 1. The second-order valence-corrected chi connectivity index (χ2v) is 5.99. The fraction of sp³-hybridized carbons (Fsp3) is 1.00. The van der Waals surface area contributed by atoms with Gasteiger partial charge in [0.2, 0.25) is 10.0 Å². The smallest absolute Gasteiger partial charge is 0.212 e. The van der Waals surface area contributed by atoms with Crippen molar-refractivity contribution in [3.63, 3.8) is 0 Å². The van der Waals surface area contributed by atoms with Crippen LogP contribution in [-0.2, 0) is 10.0 Å². The van der Waals surface area contributed by atoms with E-state index >= 15 is 0 Å². The lowest BCUT2D eigenvalue weighted by atomic mass is 10.0. The SMILES string of the molecule is CCC(CO)(CO)NS(=O)(=O)CCCCCl. The number of nitrogens with one attached hydrogen (secondary N) is 1. The van der Waals surface area contributed by atoms with Gasteiger partial charge in [0.05, 0.1) is 24.5 Å². The highest BCUT2D eigenvalue weighted by Crippen LogP contribution is 2.11. The molecule has 0 aliphatic rings. The molecule has 0 amide bonds. The maximum atomic E-state index is 11.6. The highest BCUT2D eigenvalue weighted by atomic mass is 35.5. The Morgan fingerprint density at radius 2 is 1.81 bits per heavy atom. The highest BCUT2D eigenvalue weighted by Gasteiger charge is 2.31. The molecule has 7 heteroatoms. The van der Waals surface area contributed by atoms with E-state index in [-0.39, 0.29) is 5.75 Å². The molecule has 0 rings (SSSR count). The maximum Gasteiger partial charge on any atom is 0.212 e. The first-order valence-corrected chi connectivity index (χ1v) is 7.43. The van der Waals surface area contributed by atoms with Crippen molar-refractivity contribution in [2.45, 2.75) is 31.7 Å². The number of unbranched alkanes of at least 4 members (excludes halogenated alkanes) is 1. The molecule has 0 aliphatic carbocycles. The number of halogens is 1. The van der Waals surface area contributed by atoms with Crippen LogP contribution < -0.4 is 4.72 Å². The average Bonchev–Trinajstić information content (AvgIpc) is 2.26.